The zero-order valence-electron chi connectivity index (χ0n) is 14.5. The van der Waals surface area contributed by atoms with Crippen LogP contribution >= 0.6 is 11.3 Å². The van der Waals surface area contributed by atoms with E-state index in [0.29, 0.717) is 13.2 Å². The molecule has 5 nitrogen and oxygen atoms in total. The second-order valence-electron chi connectivity index (χ2n) is 5.79. The van der Waals surface area contributed by atoms with E-state index in [1.165, 1.54) is 12.1 Å². The Labute approximate surface area is 154 Å². The molecular formula is C19H18FN3O2S. The van der Waals surface area contributed by atoms with Gasteiger partial charge in [0.25, 0.3) is 0 Å². The van der Waals surface area contributed by atoms with Gasteiger partial charge in [-0.3, -0.25) is 4.40 Å². The zero-order valence-corrected chi connectivity index (χ0v) is 15.3. The van der Waals surface area contributed by atoms with Gasteiger partial charge in [0, 0.05) is 19.2 Å². The van der Waals surface area contributed by atoms with Crippen molar-refractivity contribution >= 4 is 32.3 Å². The predicted molar refractivity (Wildman–Crippen MR) is 103 cm³/mol. The van der Waals surface area contributed by atoms with Gasteiger partial charge >= 0.3 is 0 Å². The van der Waals surface area contributed by atoms with E-state index in [0.717, 1.165) is 38.0 Å². The summed E-state index contributed by atoms with van der Waals surface area (Å²) < 4.78 is 27.3. The monoisotopic (exact) mass is 371 g/mol. The van der Waals surface area contributed by atoms with Crippen molar-refractivity contribution in [2.45, 2.75) is 0 Å². The summed E-state index contributed by atoms with van der Waals surface area (Å²) in [4.78, 5) is 5.61. The molecule has 0 aliphatic heterocycles. The first-order valence-electron chi connectivity index (χ1n) is 8.19. The zero-order chi connectivity index (χ0) is 18.1. The number of imidazole rings is 1. The molecule has 0 saturated carbocycles. The van der Waals surface area contributed by atoms with Gasteiger partial charge in [0.05, 0.1) is 23.9 Å². The Hall–Kier alpha value is -2.64. The topological polar surface area (TPSA) is 47.8 Å². The summed E-state index contributed by atoms with van der Waals surface area (Å²) >= 11 is 1.57. The molecule has 0 amide bonds. The van der Waals surface area contributed by atoms with E-state index in [1.54, 1.807) is 31.6 Å². The standard InChI is InChI=1S/C19H18FN3O2S/c1-24-9-8-21-18-17(12-4-3-5-13(20)10-12)22-19-23(18)15-7-6-14(25-2)11-16(15)26-19/h3-7,10-11,21H,8-9H2,1-2H3. The van der Waals surface area contributed by atoms with E-state index < -0.39 is 0 Å². The quantitative estimate of drug-likeness (QED) is 0.510. The van der Waals surface area contributed by atoms with Crippen molar-refractivity contribution in [2.75, 3.05) is 32.7 Å². The number of ether oxygens (including phenoxy) is 2. The van der Waals surface area contributed by atoms with Crippen molar-refractivity contribution in [3.63, 3.8) is 0 Å². The smallest absolute Gasteiger partial charge is 0.197 e. The molecule has 0 aliphatic rings. The maximum absolute atomic E-state index is 13.7. The Balaban J connectivity index is 1.92. The van der Waals surface area contributed by atoms with Crippen LogP contribution in [0.1, 0.15) is 0 Å². The summed E-state index contributed by atoms with van der Waals surface area (Å²) in [5.41, 5.74) is 2.49. The van der Waals surface area contributed by atoms with Crippen molar-refractivity contribution in [3.05, 3.63) is 48.3 Å². The van der Waals surface area contributed by atoms with E-state index >= 15 is 0 Å². The van der Waals surface area contributed by atoms with E-state index in [4.69, 9.17) is 14.5 Å². The normalized spacial score (nSPS) is 11.3. The molecular weight excluding hydrogens is 353 g/mol. The van der Waals surface area contributed by atoms with Gasteiger partial charge in [0.2, 0.25) is 0 Å². The summed E-state index contributed by atoms with van der Waals surface area (Å²) in [6.07, 6.45) is 0. The maximum atomic E-state index is 13.7. The fraction of sp³-hybridized carbons (Fsp3) is 0.211. The molecule has 2 aromatic carbocycles. The number of nitrogens with zero attached hydrogens (tertiary/aromatic N) is 2. The number of fused-ring (bicyclic) bond motifs is 3. The van der Waals surface area contributed by atoms with Gasteiger partial charge < -0.3 is 14.8 Å². The first kappa shape index (κ1) is 16.8. The van der Waals surface area contributed by atoms with Crippen molar-refractivity contribution < 1.29 is 13.9 Å². The van der Waals surface area contributed by atoms with Crippen LogP contribution in [-0.2, 0) is 4.74 Å². The summed E-state index contributed by atoms with van der Waals surface area (Å²) in [5, 5.41) is 3.39. The van der Waals surface area contributed by atoms with Crippen LogP contribution in [0.5, 0.6) is 5.75 Å². The molecule has 0 fully saturated rings. The van der Waals surface area contributed by atoms with E-state index in [2.05, 4.69) is 9.72 Å². The highest BCUT2D eigenvalue weighted by molar-refractivity contribution is 7.23. The third-order valence-corrected chi connectivity index (χ3v) is 5.16. The van der Waals surface area contributed by atoms with Crippen LogP contribution in [0.25, 0.3) is 26.4 Å². The summed E-state index contributed by atoms with van der Waals surface area (Å²) in [7, 11) is 3.31. The largest absolute Gasteiger partial charge is 0.497 e. The Kier molecular flexibility index (Phi) is 4.48. The molecule has 0 bridgehead atoms. The molecule has 2 heterocycles. The molecule has 4 aromatic rings. The molecule has 0 radical (unpaired) electrons. The van der Waals surface area contributed by atoms with Gasteiger partial charge in [-0.05, 0) is 30.3 Å². The highest BCUT2D eigenvalue weighted by Gasteiger charge is 2.18. The molecule has 7 heteroatoms. The fourth-order valence-corrected chi connectivity index (χ4v) is 4.00. The molecule has 134 valence electrons. The van der Waals surface area contributed by atoms with Gasteiger partial charge in [-0.15, -0.1) is 0 Å². The Morgan fingerprint density at radius 3 is 2.85 bits per heavy atom. The summed E-state index contributed by atoms with van der Waals surface area (Å²) in [6.45, 7) is 1.19. The number of anilines is 1. The van der Waals surface area contributed by atoms with Crippen LogP contribution in [0, 0.1) is 5.82 Å². The van der Waals surface area contributed by atoms with Gasteiger partial charge in [0.15, 0.2) is 4.96 Å². The maximum Gasteiger partial charge on any atom is 0.197 e. The van der Waals surface area contributed by atoms with Crippen LogP contribution in [0.3, 0.4) is 0 Å². The molecule has 4 rings (SSSR count). The number of thiazole rings is 1. The average molecular weight is 371 g/mol. The number of hydrogen-bond acceptors (Lipinski definition) is 5. The molecule has 0 aliphatic carbocycles. The van der Waals surface area contributed by atoms with Crippen molar-refractivity contribution in [2.24, 2.45) is 0 Å². The number of hydrogen-bond donors (Lipinski definition) is 1. The van der Waals surface area contributed by atoms with Crippen molar-refractivity contribution in [1.82, 2.24) is 9.38 Å². The van der Waals surface area contributed by atoms with Crippen LogP contribution in [0.2, 0.25) is 0 Å². The number of rotatable bonds is 6. The molecule has 2 aromatic heterocycles. The van der Waals surface area contributed by atoms with Crippen LogP contribution in [-0.4, -0.2) is 36.8 Å². The van der Waals surface area contributed by atoms with E-state index in [9.17, 15) is 4.39 Å². The third-order valence-electron chi connectivity index (χ3n) is 4.15. The predicted octanol–water partition coefficient (Wildman–Crippen LogP) is 4.42. The van der Waals surface area contributed by atoms with E-state index in [1.807, 2.05) is 24.3 Å². The summed E-state index contributed by atoms with van der Waals surface area (Å²) in [5.74, 6) is 1.36. The number of aromatic nitrogens is 2. The number of halogens is 1. The van der Waals surface area contributed by atoms with Crippen LogP contribution in [0.4, 0.5) is 10.2 Å². The third kappa shape index (κ3) is 2.89. The van der Waals surface area contributed by atoms with E-state index in [-0.39, 0.29) is 5.82 Å². The SMILES string of the molecule is COCCNc1c(-c2cccc(F)c2)nc2sc3cc(OC)ccc3n12. The van der Waals surface area contributed by atoms with Gasteiger partial charge in [-0.2, -0.15) is 0 Å². The second-order valence-corrected chi connectivity index (χ2v) is 6.80. The minimum atomic E-state index is -0.281. The lowest BCUT2D eigenvalue weighted by atomic mass is 10.1. The first-order chi connectivity index (χ1) is 12.7. The molecule has 1 N–H and O–H groups in total. The lowest BCUT2D eigenvalue weighted by Gasteiger charge is -2.09. The Bertz CT molecular complexity index is 1070. The molecule has 0 atom stereocenters. The molecule has 0 spiro atoms. The first-order valence-corrected chi connectivity index (χ1v) is 9.00. The highest BCUT2D eigenvalue weighted by atomic mass is 32.1. The fourth-order valence-electron chi connectivity index (χ4n) is 2.95. The number of nitrogens with one attached hydrogen (secondary N) is 1. The Morgan fingerprint density at radius 1 is 1.19 bits per heavy atom. The molecule has 0 saturated heterocycles. The van der Waals surface area contributed by atoms with Crippen molar-refractivity contribution in [1.29, 1.82) is 0 Å². The van der Waals surface area contributed by atoms with Gasteiger partial charge in [0.1, 0.15) is 23.1 Å². The lowest BCUT2D eigenvalue weighted by molar-refractivity contribution is 0.210. The average Bonchev–Trinajstić information content (AvgIpc) is 3.17. The minimum absolute atomic E-state index is 0.281. The van der Waals surface area contributed by atoms with Crippen LogP contribution < -0.4 is 10.1 Å². The number of benzene rings is 2. The minimum Gasteiger partial charge on any atom is -0.497 e. The highest BCUT2D eigenvalue weighted by Crippen LogP contribution is 2.37. The lowest BCUT2D eigenvalue weighted by Crippen LogP contribution is -2.10. The summed E-state index contributed by atoms with van der Waals surface area (Å²) in [6, 6.07) is 12.4. The van der Waals surface area contributed by atoms with Gasteiger partial charge in [-0.1, -0.05) is 23.5 Å². The Morgan fingerprint density at radius 2 is 2.08 bits per heavy atom. The van der Waals surface area contributed by atoms with Gasteiger partial charge in [-0.25, -0.2) is 9.37 Å². The van der Waals surface area contributed by atoms with Crippen LogP contribution in [0.15, 0.2) is 42.5 Å². The molecule has 0 unspecified atom stereocenters. The number of methoxy groups -OCH3 is 2. The molecule has 26 heavy (non-hydrogen) atoms. The van der Waals surface area contributed by atoms with Crippen molar-refractivity contribution in [3.8, 4) is 17.0 Å². The second kappa shape index (κ2) is 6.93.